The van der Waals surface area contributed by atoms with Crippen LogP contribution in [0.1, 0.15) is 37.4 Å². The second kappa shape index (κ2) is 11.1. The highest BCUT2D eigenvalue weighted by atomic mass is 19.1. The quantitative estimate of drug-likeness (QED) is 0.331. The molecule has 6 rings (SSSR count). The van der Waals surface area contributed by atoms with Gasteiger partial charge in [-0.05, 0) is 37.8 Å². The summed E-state index contributed by atoms with van der Waals surface area (Å²) >= 11 is 0. The number of aromatic nitrogens is 5. The number of aryl methyl sites for hydroxylation is 1. The first kappa shape index (κ1) is 26.0. The highest BCUT2D eigenvalue weighted by molar-refractivity contribution is 6.02. The molecule has 5 heterocycles. The van der Waals surface area contributed by atoms with Gasteiger partial charge in [0.15, 0.2) is 5.65 Å². The first-order valence-corrected chi connectivity index (χ1v) is 13.5. The van der Waals surface area contributed by atoms with E-state index in [2.05, 4.69) is 20.1 Å². The van der Waals surface area contributed by atoms with Crippen molar-refractivity contribution in [3.63, 3.8) is 0 Å². The molecule has 2 aliphatic heterocycles. The van der Waals surface area contributed by atoms with Crippen LogP contribution in [0.25, 0.3) is 33.2 Å². The lowest BCUT2D eigenvalue weighted by Gasteiger charge is -2.28. The molecule has 9 nitrogen and oxygen atoms in total. The Morgan fingerprint density at radius 1 is 1.10 bits per heavy atom. The Balaban J connectivity index is 1.24. The number of ether oxygens (including phenoxy) is 2. The van der Waals surface area contributed by atoms with Gasteiger partial charge in [0.2, 0.25) is 0 Å². The minimum atomic E-state index is -0.680. The molecule has 2 saturated heterocycles. The van der Waals surface area contributed by atoms with Crippen LogP contribution in [0, 0.1) is 5.82 Å². The van der Waals surface area contributed by atoms with Crippen molar-refractivity contribution in [1.82, 2.24) is 29.2 Å². The predicted molar refractivity (Wildman–Crippen MR) is 143 cm³/mol. The fraction of sp³-hybridized carbons (Fsp3) is 0.500. The molecule has 39 heavy (non-hydrogen) atoms. The fourth-order valence-electron chi connectivity index (χ4n) is 5.58. The third-order valence-corrected chi connectivity index (χ3v) is 7.87. The van der Waals surface area contributed by atoms with Crippen molar-refractivity contribution in [3.8, 4) is 11.1 Å². The third-order valence-electron chi connectivity index (χ3n) is 7.87. The smallest absolute Gasteiger partial charge is 0.330 e. The van der Waals surface area contributed by atoms with Gasteiger partial charge in [0.05, 0.1) is 24.4 Å². The van der Waals surface area contributed by atoms with Gasteiger partial charge in [-0.3, -0.25) is 14.1 Å². The van der Waals surface area contributed by atoms with Crippen LogP contribution in [0.4, 0.5) is 8.78 Å². The van der Waals surface area contributed by atoms with Gasteiger partial charge in [0.25, 0.3) is 0 Å². The Kier molecular flexibility index (Phi) is 7.37. The van der Waals surface area contributed by atoms with E-state index in [1.54, 1.807) is 23.9 Å². The van der Waals surface area contributed by atoms with Crippen molar-refractivity contribution >= 4 is 22.1 Å². The number of halogens is 2. The highest BCUT2D eigenvalue weighted by Crippen LogP contribution is 2.32. The van der Waals surface area contributed by atoms with E-state index in [0.717, 1.165) is 38.2 Å². The molecule has 0 radical (unpaired) electrons. The molecule has 3 aromatic heterocycles. The maximum Gasteiger partial charge on any atom is 0.330 e. The molecule has 2 aliphatic rings. The number of rotatable bonds is 7. The van der Waals surface area contributed by atoms with Gasteiger partial charge in [-0.1, -0.05) is 6.07 Å². The normalized spacial score (nSPS) is 17.9. The summed E-state index contributed by atoms with van der Waals surface area (Å²) in [6.45, 7) is 4.36. The average Bonchev–Trinajstić information content (AvgIpc) is 3.22. The summed E-state index contributed by atoms with van der Waals surface area (Å²) in [5.74, 6) is -0.435. The largest absolute Gasteiger partial charge is 0.381 e. The number of benzene rings is 1. The number of pyridine rings is 1. The lowest BCUT2D eigenvalue weighted by Crippen LogP contribution is -2.36. The molecule has 0 N–H and O–H groups in total. The van der Waals surface area contributed by atoms with E-state index < -0.39 is 12.0 Å². The molecule has 206 valence electrons. The van der Waals surface area contributed by atoms with Gasteiger partial charge in [-0.15, -0.1) is 10.2 Å². The van der Waals surface area contributed by atoms with E-state index >= 15 is 4.39 Å². The lowest BCUT2D eigenvalue weighted by atomic mass is 10.0. The van der Waals surface area contributed by atoms with Gasteiger partial charge >= 0.3 is 5.69 Å². The molecule has 0 aliphatic carbocycles. The van der Waals surface area contributed by atoms with E-state index in [1.807, 2.05) is 12.1 Å². The maximum atomic E-state index is 15.3. The van der Waals surface area contributed by atoms with E-state index in [4.69, 9.17) is 9.47 Å². The summed E-state index contributed by atoms with van der Waals surface area (Å²) in [5.41, 5.74) is 3.10. The second-order valence-electron chi connectivity index (χ2n) is 10.4. The van der Waals surface area contributed by atoms with Crippen LogP contribution in [0.2, 0.25) is 0 Å². The van der Waals surface area contributed by atoms with Gasteiger partial charge in [0, 0.05) is 74.7 Å². The number of likely N-dealkylation sites (tertiary alicyclic amines) is 1. The van der Waals surface area contributed by atoms with Crippen molar-refractivity contribution in [3.05, 3.63) is 52.5 Å². The molecular weight excluding hydrogens is 506 g/mol. The lowest BCUT2D eigenvalue weighted by molar-refractivity contribution is 0.0697. The van der Waals surface area contributed by atoms with E-state index in [1.165, 1.54) is 10.6 Å². The molecule has 0 spiro atoms. The van der Waals surface area contributed by atoms with Crippen LogP contribution in [0.15, 0.2) is 35.3 Å². The summed E-state index contributed by atoms with van der Waals surface area (Å²) in [7, 11) is 1.68. The van der Waals surface area contributed by atoms with Gasteiger partial charge in [-0.2, -0.15) is 0 Å². The SMILES string of the molecule is Cn1c(=O)n(C2CCOCC2)c2c3cc(-c4ccc(COCCN5CCC(F)CC5)nc4)c(F)cc3nnc21. The van der Waals surface area contributed by atoms with Crippen LogP contribution >= 0.6 is 0 Å². The molecule has 0 amide bonds. The monoisotopic (exact) mass is 538 g/mol. The Morgan fingerprint density at radius 3 is 2.64 bits per heavy atom. The van der Waals surface area contributed by atoms with Crippen LogP contribution in [0.3, 0.4) is 0 Å². The molecule has 0 saturated carbocycles. The predicted octanol–water partition coefficient (Wildman–Crippen LogP) is 3.79. The van der Waals surface area contributed by atoms with Crippen LogP contribution in [-0.2, 0) is 23.1 Å². The first-order valence-electron chi connectivity index (χ1n) is 13.5. The summed E-state index contributed by atoms with van der Waals surface area (Å²) < 4.78 is 43.1. The second-order valence-corrected chi connectivity index (χ2v) is 10.4. The number of hydrogen-bond donors (Lipinski definition) is 0. The summed E-state index contributed by atoms with van der Waals surface area (Å²) in [6.07, 6.45) is 3.58. The zero-order valence-corrected chi connectivity index (χ0v) is 22.0. The molecule has 0 atom stereocenters. The van der Waals surface area contributed by atoms with Crippen LogP contribution in [-0.4, -0.2) is 74.8 Å². The third kappa shape index (κ3) is 5.18. The zero-order chi connectivity index (χ0) is 26.9. The number of nitrogens with zero attached hydrogens (tertiary/aromatic N) is 6. The first-order chi connectivity index (χ1) is 19.0. The van der Waals surface area contributed by atoms with Gasteiger partial charge in [-0.25, -0.2) is 13.6 Å². The minimum Gasteiger partial charge on any atom is -0.381 e. The summed E-state index contributed by atoms with van der Waals surface area (Å²) in [4.78, 5) is 19.9. The molecule has 1 aromatic carbocycles. The Bertz CT molecular complexity index is 1520. The van der Waals surface area contributed by atoms with Crippen LogP contribution in [0.5, 0.6) is 0 Å². The van der Waals surface area contributed by atoms with Crippen molar-refractivity contribution in [2.45, 2.75) is 44.5 Å². The maximum absolute atomic E-state index is 15.3. The topological polar surface area (TPSA) is 87.3 Å². The minimum absolute atomic E-state index is 0.0210. The molecule has 0 bridgehead atoms. The molecule has 2 fully saturated rings. The number of fused-ring (bicyclic) bond motifs is 3. The average molecular weight is 539 g/mol. The van der Waals surface area contributed by atoms with E-state index in [-0.39, 0.29) is 11.7 Å². The number of hydrogen-bond acceptors (Lipinski definition) is 7. The van der Waals surface area contributed by atoms with Gasteiger partial charge < -0.3 is 14.4 Å². The van der Waals surface area contributed by atoms with Crippen molar-refractivity contribution in [2.24, 2.45) is 7.05 Å². The molecular formula is C28H32F2N6O3. The Morgan fingerprint density at radius 2 is 1.90 bits per heavy atom. The van der Waals surface area contributed by atoms with Gasteiger partial charge in [0.1, 0.15) is 17.5 Å². The van der Waals surface area contributed by atoms with Crippen molar-refractivity contribution in [2.75, 3.05) is 39.5 Å². The summed E-state index contributed by atoms with van der Waals surface area (Å²) in [6, 6.07) is 6.74. The summed E-state index contributed by atoms with van der Waals surface area (Å²) in [5, 5.41) is 9.15. The van der Waals surface area contributed by atoms with E-state index in [9.17, 15) is 9.18 Å². The zero-order valence-electron chi connectivity index (χ0n) is 22.0. The van der Waals surface area contributed by atoms with Crippen molar-refractivity contribution < 1.29 is 18.3 Å². The molecule has 4 aromatic rings. The standard InChI is InChI=1S/C28H32F2N6O3/c1-34-27-26(36(28(34)37)21-6-11-38-12-7-21)23-14-22(24(30)15-25(23)32-33-27)18-2-3-20(31-16-18)17-39-13-10-35-8-4-19(29)5-9-35/h2-3,14-16,19,21H,4-13,17H2,1H3. The van der Waals surface area contributed by atoms with E-state index in [0.29, 0.717) is 72.5 Å². The highest BCUT2D eigenvalue weighted by Gasteiger charge is 2.25. The van der Waals surface area contributed by atoms with Crippen LogP contribution < -0.4 is 5.69 Å². The Labute approximate surface area is 224 Å². The van der Waals surface area contributed by atoms with Crippen molar-refractivity contribution in [1.29, 1.82) is 0 Å². The Hall–Kier alpha value is -3.28. The molecule has 11 heteroatoms. The molecule has 0 unspecified atom stereocenters. The fourth-order valence-corrected chi connectivity index (χ4v) is 5.58. The number of piperidine rings is 1. The number of alkyl halides is 1. The number of imidazole rings is 1.